The average Bonchev–Trinajstić information content (AvgIpc) is 3.28. The van der Waals surface area contributed by atoms with Crippen LogP contribution in [0.15, 0.2) is 78.9 Å². The van der Waals surface area contributed by atoms with Crippen molar-refractivity contribution in [1.82, 2.24) is 0 Å². The van der Waals surface area contributed by atoms with Crippen LogP contribution in [0, 0.1) is 16.7 Å². The first kappa shape index (κ1) is 26.2. The number of carbonyl (C=O) groups is 1. The Bertz CT molecular complexity index is 1390. The number of aromatic hydroxyl groups is 2. The molecule has 0 aliphatic heterocycles. The molecule has 0 saturated heterocycles. The Morgan fingerprint density at radius 3 is 2.39 bits per heavy atom. The van der Waals surface area contributed by atoms with Gasteiger partial charge in [0.05, 0.1) is 5.41 Å². The van der Waals surface area contributed by atoms with E-state index in [2.05, 4.69) is 12.6 Å². The molecule has 2 saturated carbocycles. The number of aryl methyl sites for hydroxylation is 1. The van der Waals surface area contributed by atoms with E-state index >= 15 is 0 Å². The van der Waals surface area contributed by atoms with E-state index in [9.17, 15) is 20.1 Å². The highest BCUT2D eigenvalue weighted by molar-refractivity contribution is 5.89. The molecule has 0 unspecified atom stereocenters. The second kappa shape index (κ2) is 9.40. The van der Waals surface area contributed by atoms with Crippen molar-refractivity contribution in [2.75, 3.05) is 7.11 Å². The van der Waals surface area contributed by atoms with E-state index in [0.29, 0.717) is 32.1 Å². The predicted octanol–water partition coefficient (Wildman–Crippen LogP) is 6.18. The highest BCUT2D eigenvalue weighted by Crippen LogP contribution is 2.72. The Hall–Kier alpha value is -3.41. The molecule has 2 aliphatic rings. The highest BCUT2D eigenvalue weighted by Gasteiger charge is 2.76. The summed E-state index contributed by atoms with van der Waals surface area (Å²) in [6.07, 6.45) is 2.72. The highest BCUT2D eigenvalue weighted by atomic mass is 16.6. The summed E-state index contributed by atoms with van der Waals surface area (Å²) in [6, 6.07) is 20.7. The maximum atomic E-state index is 13.8. The van der Waals surface area contributed by atoms with Crippen molar-refractivity contribution in [1.29, 1.82) is 0 Å². The lowest BCUT2D eigenvalue weighted by Gasteiger charge is -2.45. The molecule has 2 aliphatic carbocycles. The van der Waals surface area contributed by atoms with Gasteiger partial charge < -0.3 is 20.1 Å². The van der Waals surface area contributed by atoms with Crippen molar-refractivity contribution < 1.29 is 24.9 Å². The number of aliphatic hydroxyl groups is 1. The number of benzene rings is 3. The number of phenols is 2. The van der Waals surface area contributed by atoms with Crippen LogP contribution in [0.3, 0.4) is 0 Å². The van der Waals surface area contributed by atoms with E-state index in [0.717, 1.165) is 33.4 Å². The van der Waals surface area contributed by atoms with Crippen LogP contribution in [0.5, 0.6) is 11.5 Å². The van der Waals surface area contributed by atoms with Gasteiger partial charge in [0.2, 0.25) is 0 Å². The molecule has 0 heterocycles. The van der Waals surface area contributed by atoms with Gasteiger partial charge in [0.25, 0.3) is 0 Å². The number of methoxy groups -OCH3 is 1. The van der Waals surface area contributed by atoms with Crippen LogP contribution >= 0.6 is 0 Å². The van der Waals surface area contributed by atoms with Crippen LogP contribution in [0.4, 0.5) is 0 Å². The quantitative estimate of drug-likeness (QED) is 0.248. The summed E-state index contributed by atoms with van der Waals surface area (Å²) in [5.74, 6) is -1.28. The van der Waals surface area contributed by atoms with Gasteiger partial charge in [0.15, 0.2) is 5.79 Å². The Labute approximate surface area is 224 Å². The summed E-state index contributed by atoms with van der Waals surface area (Å²) in [6.45, 7) is 8.26. The normalized spacial score (nSPS) is 25.6. The molecule has 0 radical (unpaired) electrons. The topological polar surface area (TPSA) is 87.0 Å². The fourth-order valence-electron chi connectivity index (χ4n) is 7.02. The second-order valence-corrected chi connectivity index (χ2v) is 11.4. The van der Waals surface area contributed by atoms with Crippen LogP contribution in [0.25, 0.3) is 11.1 Å². The molecule has 2 bridgehead atoms. The standard InChI is InChI=1S/C33H36O5/c1-21-28-16-17-32(31(21,2)3,33(28,37)38-4)30(36)15-10-22-6-5-7-24(18-22)25-11-12-26(29(35)20-25)19-23-8-13-27(34)14-9-23/h5-9,11-14,18,20,28,34-35,37H,1,10,15-17,19H2,2-4H3/t28-,32+,33-/m0/s1. The van der Waals surface area contributed by atoms with Gasteiger partial charge in [-0.25, -0.2) is 0 Å². The van der Waals surface area contributed by atoms with Gasteiger partial charge in [-0.3, -0.25) is 4.79 Å². The molecule has 0 amide bonds. The first-order valence-electron chi connectivity index (χ1n) is 13.2. The minimum atomic E-state index is -1.51. The molecule has 5 heteroatoms. The summed E-state index contributed by atoms with van der Waals surface area (Å²) in [7, 11) is 1.49. The Morgan fingerprint density at radius 1 is 1.00 bits per heavy atom. The number of carbonyl (C=O) groups excluding carboxylic acids is 1. The number of phenolic OH excluding ortho intramolecular Hbond substituents is 2. The third-order valence-corrected chi connectivity index (χ3v) is 9.29. The number of Topliss-reactive ketones (excluding diaryl/α,β-unsaturated/α-hetero) is 1. The van der Waals surface area contributed by atoms with Gasteiger partial charge in [0.1, 0.15) is 17.3 Å². The van der Waals surface area contributed by atoms with Gasteiger partial charge in [-0.05, 0) is 65.3 Å². The molecular formula is C33H36O5. The fourth-order valence-corrected chi connectivity index (χ4v) is 7.02. The molecule has 38 heavy (non-hydrogen) atoms. The monoisotopic (exact) mass is 512 g/mol. The van der Waals surface area contributed by atoms with E-state index in [1.165, 1.54) is 7.11 Å². The van der Waals surface area contributed by atoms with E-state index in [1.54, 1.807) is 18.2 Å². The lowest BCUT2D eigenvalue weighted by atomic mass is 9.59. The summed E-state index contributed by atoms with van der Waals surface area (Å²) < 4.78 is 5.65. The number of ether oxygens (including phenoxy) is 1. The number of rotatable bonds is 8. The lowest BCUT2D eigenvalue weighted by Crippen LogP contribution is -2.55. The molecule has 198 valence electrons. The van der Waals surface area contributed by atoms with Crippen molar-refractivity contribution in [2.45, 2.75) is 51.7 Å². The van der Waals surface area contributed by atoms with Crippen LogP contribution in [-0.2, 0) is 22.4 Å². The summed E-state index contributed by atoms with van der Waals surface area (Å²) in [5.41, 5.74) is 4.04. The summed E-state index contributed by atoms with van der Waals surface area (Å²) >= 11 is 0. The summed E-state index contributed by atoms with van der Waals surface area (Å²) in [4.78, 5) is 13.8. The van der Waals surface area contributed by atoms with Gasteiger partial charge >= 0.3 is 0 Å². The molecule has 0 aromatic heterocycles. The third-order valence-electron chi connectivity index (χ3n) is 9.29. The van der Waals surface area contributed by atoms with Gasteiger partial charge in [-0.2, -0.15) is 0 Å². The minimum absolute atomic E-state index is 0.0228. The molecule has 3 aromatic carbocycles. The van der Waals surface area contributed by atoms with Gasteiger partial charge in [-0.15, -0.1) is 0 Å². The van der Waals surface area contributed by atoms with Crippen molar-refractivity contribution in [3.05, 3.63) is 95.6 Å². The fraction of sp³-hybridized carbons (Fsp3) is 0.364. The maximum Gasteiger partial charge on any atom is 0.185 e. The van der Waals surface area contributed by atoms with E-state index in [4.69, 9.17) is 4.74 Å². The Kier molecular flexibility index (Phi) is 6.49. The zero-order valence-electron chi connectivity index (χ0n) is 22.3. The molecule has 5 rings (SSSR count). The average molecular weight is 513 g/mol. The van der Waals surface area contributed by atoms with E-state index < -0.39 is 16.6 Å². The van der Waals surface area contributed by atoms with Crippen LogP contribution in [0.1, 0.15) is 49.8 Å². The largest absolute Gasteiger partial charge is 0.508 e. The zero-order valence-corrected chi connectivity index (χ0v) is 22.3. The molecule has 3 atom stereocenters. The Balaban J connectivity index is 1.32. The van der Waals surface area contributed by atoms with Crippen molar-refractivity contribution >= 4 is 5.78 Å². The SMILES string of the molecule is C=C1[C@@H]2CC[C@@](C(=O)CCc3cccc(-c4ccc(Cc5ccc(O)cc5)c(O)c4)c3)(C1(C)C)[C@@]2(O)OC. The molecule has 5 nitrogen and oxygen atoms in total. The number of ketones is 1. The van der Waals surface area contributed by atoms with Gasteiger partial charge in [-0.1, -0.05) is 74.5 Å². The number of hydrogen-bond acceptors (Lipinski definition) is 5. The first-order valence-corrected chi connectivity index (χ1v) is 13.2. The minimum Gasteiger partial charge on any atom is -0.508 e. The van der Waals surface area contributed by atoms with Crippen LogP contribution in [0.2, 0.25) is 0 Å². The molecule has 2 fully saturated rings. The smallest absolute Gasteiger partial charge is 0.185 e. The number of fused-ring (bicyclic) bond motifs is 2. The molecule has 0 spiro atoms. The van der Waals surface area contributed by atoms with Crippen LogP contribution < -0.4 is 0 Å². The summed E-state index contributed by atoms with van der Waals surface area (Å²) in [5, 5.41) is 31.7. The predicted molar refractivity (Wildman–Crippen MR) is 148 cm³/mol. The molecule has 3 aromatic rings. The van der Waals surface area contributed by atoms with Crippen molar-refractivity contribution in [3.8, 4) is 22.6 Å². The molecule has 3 N–H and O–H groups in total. The lowest BCUT2D eigenvalue weighted by molar-refractivity contribution is -0.252. The number of hydrogen-bond donors (Lipinski definition) is 3. The van der Waals surface area contributed by atoms with Crippen LogP contribution in [-0.4, -0.2) is 34.0 Å². The zero-order chi connectivity index (χ0) is 27.3. The molecular weight excluding hydrogens is 476 g/mol. The second-order valence-electron chi connectivity index (χ2n) is 11.4. The Morgan fingerprint density at radius 2 is 1.71 bits per heavy atom. The third kappa shape index (κ3) is 3.88. The van der Waals surface area contributed by atoms with Gasteiger partial charge in [0, 0.05) is 31.3 Å². The van der Waals surface area contributed by atoms with Crippen molar-refractivity contribution in [2.24, 2.45) is 16.7 Å². The first-order chi connectivity index (χ1) is 18.0. The van der Waals surface area contributed by atoms with E-state index in [-0.39, 0.29) is 23.2 Å². The van der Waals surface area contributed by atoms with Crippen molar-refractivity contribution in [3.63, 3.8) is 0 Å². The van der Waals surface area contributed by atoms with E-state index in [1.807, 2.05) is 56.3 Å². The maximum absolute atomic E-state index is 13.8.